The van der Waals surface area contributed by atoms with Gasteiger partial charge in [-0.3, -0.25) is 4.79 Å². The van der Waals surface area contributed by atoms with Crippen molar-refractivity contribution in [1.29, 1.82) is 0 Å². The summed E-state index contributed by atoms with van der Waals surface area (Å²) in [6.45, 7) is 3.88. The number of rotatable bonds is 7. The summed E-state index contributed by atoms with van der Waals surface area (Å²) >= 11 is 0. The van der Waals surface area contributed by atoms with E-state index in [1.807, 2.05) is 0 Å². The Hall–Kier alpha value is -2.54. The highest BCUT2D eigenvalue weighted by Gasteiger charge is 2.30. The number of piperidine rings is 1. The first-order chi connectivity index (χ1) is 13.9. The Morgan fingerprint density at radius 1 is 1.00 bits per heavy atom. The lowest BCUT2D eigenvalue weighted by molar-refractivity contribution is -0.137. The number of likely N-dealkylation sites (tertiary alicyclic amines) is 1. The van der Waals surface area contributed by atoms with E-state index in [1.165, 1.54) is 31.4 Å². The fourth-order valence-corrected chi connectivity index (χ4v) is 3.34. The quantitative estimate of drug-likeness (QED) is 0.650. The Morgan fingerprint density at radius 3 is 2.41 bits per heavy atom. The van der Waals surface area contributed by atoms with Gasteiger partial charge in [-0.25, -0.2) is 0 Å². The standard InChI is InChI=1S/C22H25F3N2O2/c23-22(24,25)18-6-4-7-20(16-18)29-19-10-8-17(9-11-19)21(28)26-12-5-15-27-13-2-1-3-14-27/h4,6-11,16H,1-3,5,12-15H2,(H,26,28). The van der Waals surface area contributed by atoms with Gasteiger partial charge in [-0.15, -0.1) is 0 Å². The number of nitrogens with one attached hydrogen (secondary N) is 1. The maximum absolute atomic E-state index is 12.8. The van der Waals surface area contributed by atoms with Gasteiger partial charge in [0, 0.05) is 12.1 Å². The molecule has 1 saturated heterocycles. The maximum atomic E-state index is 12.8. The van der Waals surface area contributed by atoms with E-state index in [1.54, 1.807) is 24.3 Å². The zero-order chi connectivity index (χ0) is 20.7. The van der Waals surface area contributed by atoms with E-state index >= 15 is 0 Å². The molecule has 1 heterocycles. The number of alkyl halides is 3. The summed E-state index contributed by atoms with van der Waals surface area (Å²) in [4.78, 5) is 14.7. The highest BCUT2D eigenvalue weighted by atomic mass is 19.4. The Kier molecular flexibility index (Phi) is 7.14. The first-order valence-electron chi connectivity index (χ1n) is 9.87. The number of hydrogen-bond donors (Lipinski definition) is 1. The van der Waals surface area contributed by atoms with Crippen LogP contribution in [0, 0.1) is 0 Å². The highest BCUT2D eigenvalue weighted by Crippen LogP contribution is 2.32. The van der Waals surface area contributed by atoms with E-state index < -0.39 is 11.7 Å². The van der Waals surface area contributed by atoms with Crippen molar-refractivity contribution in [2.24, 2.45) is 0 Å². The molecule has 1 N–H and O–H groups in total. The first-order valence-corrected chi connectivity index (χ1v) is 9.87. The predicted molar refractivity (Wildman–Crippen MR) is 105 cm³/mol. The second-order valence-corrected chi connectivity index (χ2v) is 7.16. The van der Waals surface area contributed by atoms with Gasteiger partial charge >= 0.3 is 6.18 Å². The first kappa shape index (κ1) is 21.2. The average Bonchev–Trinajstić information content (AvgIpc) is 2.72. The summed E-state index contributed by atoms with van der Waals surface area (Å²) in [6, 6.07) is 11.0. The average molecular weight is 406 g/mol. The van der Waals surface area contributed by atoms with Gasteiger partial charge in [0.2, 0.25) is 0 Å². The third kappa shape index (κ3) is 6.49. The fourth-order valence-electron chi connectivity index (χ4n) is 3.34. The van der Waals surface area contributed by atoms with Crippen molar-refractivity contribution in [3.05, 3.63) is 59.7 Å². The second kappa shape index (κ2) is 9.78. The molecule has 0 aliphatic carbocycles. The number of hydrogen-bond acceptors (Lipinski definition) is 3. The third-order valence-electron chi connectivity index (χ3n) is 4.90. The molecule has 0 radical (unpaired) electrons. The third-order valence-corrected chi connectivity index (χ3v) is 4.90. The van der Waals surface area contributed by atoms with Crippen LogP contribution in [0.15, 0.2) is 48.5 Å². The lowest BCUT2D eigenvalue weighted by Gasteiger charge is -2.26. The number of amides is 1. The summed E-state index contributed by atoms with van der Waals surface area (Å²) in [5, 5.41) is 2.90. The predicted octanol–water partition coefficient (Wildman–Crippen LogP) is 5.10. The van der Waals surface area contributed by atoms with Gasteiger partial charge in [-0.05, 0) is 81.4 Å². The molecular formula is C22H25F3N2O2. The normalized spacial score (nSPS) is 15.1. The second-order valence-electron chi connectivity index (χ2n) is 7.16. The smallest absolute Gasteiger partial charge is 0.416 e. The van der Waals surface area contributed by atoms with Crippen LogP contribution in [0.2, 0.25) is 0 Å². The number of nitrogens with zero attached hydrogens (tertiary/aromatic N) is 1. The number of ether oxygens (including phenoxy) is 1. The minimum atomic E-state index is -4.42. The number of carbonyl (C=O) groups excluding carboxylic acids is 1. The molecule has 156 valence electrons. The van der Waals surface area contributed by atoms with Gasteiger partial charge in [0.05, 0.1) is 5.56 Å². The van der Waals surface area contributed by atoms with Crippen molar-refractivity contribution in [2.75, 3.05) is 26.2 Å². The molecule has 4 nitrogen and oxygen atoms in total. The van der Waals surface area contributed by atoms with E-state index in [9.17, 15) is 18.0 Å². The summed E-state index contributed by atoms with van der Waals surface area (Å²) in [5.74, 6) is 0.287. The van der Waals surface area contributed by atoms with Crippen LogP contribution in [0.3, 0.4) is 0 Å². The van der Waals surface area contributed by atoms with Gasteiger partial charge in [-0.2, -0.15) is 13.2 Å². The molecule has 0 unspecified atom stereocenters. The van der Waals surface area contributed by atoms with Crippen LogP contribution in [0.5, 0.6) is 11.5 Å². The van der Waals surface area contributed by atoms with Gasteiger partial charge in [-0.1, -0.05) is 12.5 Å². The van der Waals surface area contributed by atoms with Crippen molar-refractivity contribution < 1.29 is 22.7 Å². The van der Waals surface area contributed by atoms with Gasteiger partial charge in [0.15, 0.2) is 0 Å². The molecule has 2 aromatic carbocycles. The Labute approximate surface area is 168 Å². The molecule has 7 heteroatoms. The minimum absolute atomic E-state index is 0.0924. The molecule has 0 aromatic heterocycles. The van der Waals surface area contributed by atoms with Crippen LogP contribution in [-0.4, -0.2) is 37.0 Å². The molecule has 1 aliphatic rings. The molecule has 0 bridgehead atoms. The van der Waals surface area contributed by atoms with E-state index in [-0.39, 0.29) is 11.7 Å². The molecule has 1 amide bonds. The van der Waals surface area contributed by atoms with Gasteiger partial charge < -0.3 is 15.0 Å². The summed E-state index contributed by atoms with van der Waals surface area (Å²) in [7, 11) is 0. The van der Waals surface area contributed by atoms with Crippen molar-refractivity contribution >= 4 is 5.91 Å². The zero-order valence-corrected chi connectivity index (χ0v) is 16.2. The van der Waals surface area contributed by atoms with Crippen LogP contribution in [0.1, 0.15) is 41.6 Å². The van der Waals surface area contributed by atoms with Crippen LogP contribution in [0.25, 0.3) is 0 Å². The van der Waals surface area contributed by atoms with Crippen molar-refractivity contribution in [3.63, 3.8) is 0 Å². The van der Waals surface area contributed by atoms with E-state index in [0.29, 0.717) is 17.9 Å². The number of halogens is 3. The molecular weight excluding hydrogens is 381 g/mol. The highest BCUT2D eigenvalue weighted by molar-refractivity contribution is 5.94. The lowest BCUT2D eigenvalue weighted by atomic mass is 10.1. The monoisotopic (exact) mass is 406 g/mol. The van der Waals surface area contributed by atoms with Crippen LogP contribution in [0.4, 0.5) is 13.2 Å². The topological polar surface area (TPSA) is 41.6 Å². The largest absolute Gasteiger partial charge is 0.457 e. The number of benzene rings is 2. The molecule has 1 aliphatic heterocycles. The molecule has 3 rings (SSSR count). The van der Waals surface area contributed by atoms with E-state index in [0.717, 1.165) is 38.2 Å². The van der Waals surface area contributed by atoms with Crippen LogP contribution in [-0.2, 0) is 6.18 Å². The fraction of sp³-hybridized carbons (Fsp3) is 0.409. The van der Waals surface area contributed by atoms with Crippen molar-refractivity contribution in [1.82, 2.24) is 10.2 Å². The van der Waals surface area contributed by atoms with Crippen LogP contribution >= 0.6 is 0 Å². The van der Waals surface area contributed by atoms with E-state index in [4.69, 9.17) is 4.74 Å². The minimum Gasteiger partial charge on any atom is -0.457 e. The maximum Gasteiger partial charge on any atom is 0.416 e. The van der Waals surface area contributed by atoms with E-state index in [2.05, 4.69) is 10.2 Å². The molecule has 0 spiro atoms. The van der Waals surface area contributed by atoms with Crippen LogP contribution < -0.4 is 10.1 Å². The Bertz CT molecular complexity index is 800. The molecule has 0 saturated carbocycles. The SMILES string of the molecule is O=C(NCCCN1CCCCC1)c1ccc(Oc2cccc(C(F)(F)F)c2)cc1. The van der Waals surface area contributed by atoms with Gasteiger partial charge in [0.1, 0.15) is 11.5 Å². The Morgan fingerprint density at radius 2 is 1.72 bits per heavy atom. The zero-order valence-electron chi connectivity index (χ0n) is 16.2. The van der Waals surface area contributed by atoms with Crippen molar-refractivity contribution in [3.8, 4) is 11.5 Å². The molecule has 29 heavy (non-hydrogen) atoms. The summed E-state index contributed by atoms with van der Waals surface area (Å²) in [6.07, 6.45) is 0.293. The molecule has 0 atom stereocenters. The summed E-state index contributed by atoms with van der Waals surface area (Å²) < 4.78 is 43.8. The molecule has 1 fully saturated rings. The Balaban J connectivity index is 1.47. The number of carbonyl (C=O) groups is 1. The van der Waals surface area contributed by atoms with Crippen molar-refractivity contribution in [2.45, 2.75) is 31.9 Å². The lowest BCUT2D eigenvalue weighted by Crippen LogP contribution is -2.33. The van der Waals surface area contributed by atoms with Gasteiger partial charge in [0.25, 0.3) is 5.91 Å². The summed E-state index contributed by atoms with van der Waals surface area (Å²) in [5.41, 5.74) is -0.282. The molecule has 2 aromatic rings.